The summed E-state index contributed by atoms with van der Waals surface area (Å²) in [5, 5.41) is 10.3. The van der Waals surface area contributed by atoms with E-state index in [4.69, 9.17) is 5.73 Å². The normalized spacial score (nSPS) is 12.8. The predicted octanol–water partition coefficient (Wildman–Crippen LogP) is 4.88. The number of hydrogen-bond donors (Lipinski definition) is 1. The van der Waals surface area contributed by atoms with E-state index in [9.17, 15) is 9.65 Å². The highest BCUT2D eigenvalue weighted by Crippen LogP contribution is 2.30. The van der Waals surface area contributed by atoms with Gasteiger partial charge in [0.1, 0.15) is 11.8 Å². The molecule has 0 aliphatic rings. The van der Waals surface area contributed by atoms with E-state index in [1.54, 1.807) is 18.3 Å². The standard InChI is InChI=1S/C23H22FN5/c1-23(2,3)14-28-22(24)19(13-26)18-9-8-17(12-25)29-21(18)16-7-6-15-5-4-10-27-20(15)11-16/h4-11,13H,14,26H2,1-3H3/b19-13-,28-22?. The lowest BCUT2D eigenvalue weighted by atomic mass is 9.96. The van der Waals surface area contributed by atoms with E-state index < -0.39 is 5.97 Å². The fraction of sp³-hybridized carbons (Fsp3) is 0.217. The number of benzene rings is 1. The Hall–Kier alpha value is -3.59. The number of nitriles is 1. The molecule has 0 atom stereocenters. The Kier molecular flexibility index (Phi) is 5.69. The summed E-state index contributed by atoms with van der Waals surface area (Å²) in [5.41, 5.74) is 8.39. The molecule has 0 unspecified atom stereocenters. The largest absolute Gasteiger partial charge is 0.404 e. The predicted molar refractivity (Wildman–Crippen MR) is 115 cm³/mol. The van der Waals surface area contributed by atoms with Crippen molar-refractivity contribution in [1.82, 2.24) is 9.97 Å². The van der Waals surface area contributed by atoms with Crippen molar-refractivity contribution in [2.45, 2.75) is 20.8 Å². The van der Waals surface area contributed by atoms with Crippen LogP contribution >= 0.6 is 0 Å². The molecule has 2 aromatic heterocycles. The lowest BCUT2D eigenvalue weighted by Crippen LogP contribution is -2.12. The van der Waals surface area contributed by atoms with Crippen LogP contribution in [0.4, 0.5) is 4.39 Å². The highest BCUT2D eigenvalue weighted by Gasteiger charge is 2.18. The number of fused-ring (bicyclic) bond motifs is 1. The first-order chi connectivity index (χ1) is 13.8. The van der Waals surface area contributed by atoms with Crippen LogP contribution in [0.3, 0.4) is 0 Å². The molecular formula is C23H22FN5. The second-order valence-corrected chi connectivity index (χ2v) is 7.86. The van der Waals surface area contributed by atoms with Gasteiger partial charge >= 0.3 is 0 Å². The number of allylic oxidation sites excluding steroid dienone is 1. The molecular weight excluding hydrogens is 365 g/mol. The lowest BCUT2D eigenvalue weighted by Gasteiger charge is -2.15. The van der Waals surface area contributed by atoms with Crippen LogP contribution in [0.2, 0.25) is 0 Å². The summed E-state index contributed by atoms with van der Waals surface area (Å²) in [5.74, 6) is -0.658. The van der Waals surface area contributed by atoms with Crippen molar-refractivity contribution in [3.8, 4) is 17.3 Å². The first kappa shape index (κ1) is 20.2. The number of pyridine rings is 2. The fourth-order valence-corrected chi connectivity index (χ4v) is 2.83. The van der Waals surface area contributed by atoms with Gasteiger partial charge in [-0.1, -0.05) is 39.0 Å². The van der Waals surface area contributed by atoms with Crippen LogP contribution in [-0.4, -0.2) is 22.5 Å². The van der Waals surface area contributed by atoms with Crippen LogP contribution in [0.15, 0.2) is 59.9 Å². The third-order valence-electron chi connectivity index (χ3n) is 4.26. The number of nitrogens with zero attached hydrogens (tertiary/aromatic N) is 4. The summed E-state index contributed by atoms with van der Waals surface area (Å²) in [6.45, 7) is 6.25. The van der Waals surface area contributed by atoms with Gasteiger partial charge in [0.05, 0.1) is 16.8 Å². The third kappa shape index (κ3) is 4.64. The Morgan fingerprint density at radius 3 is 2.72 bits per heavy atom. The molecule has 0 saturated heterocycles. The van der Waals surface area contributed by atoms with Crippen LogP contribution in [0.25, 0.3) is 27.7 Å². The van der Waals surface area contributed by atoms with E-state index in [-0.39, 0.29) is 16.7 Å². The van der Waals surface area contributed by atoms with Crippen LogP contribution in [0.1, 0.15) is 32.0 Å². The third-order valence-corrected chi connectivity index (χ3v) is 4.26. The van der Waals surface area contributed by atoms with Gasteiger partial charge in [-0.2, -0.15) is 9.65 Å². The maximum Gasteiger partial charge on any atom is 0.217 e. The van der Waals surface area contributed by atoms with E-state index in [1.807, 2.05) is 57.2 Å². The van der Waals surface area contributed by atoms with Crippen molar-refractivity contribution in [2.75, 3.05) is 6.54 Å². The van der Waals surface area contributed by atoms with Gasteiger partial charge in [0.2, 0.25) is 5.97 Å². The SMILES string of the molecule is CC(C)(C)CN=C(F)/C(=C\N)c1ccc(C#N)nc1-c1ccc2cccnc2c1. The summed E-state index contributed by atoms with van der Waals surface area (Å²) < 4.78 is 14.9. The molecule has 146 valence electrons. The Bertz CT molecular complexity index is 1150. The first-order valence-electron chi connectivity index (χ1n) is 9.21. The zero-order valence-electron chi connectivity index (χ0n) is 16.6. The molecule has 0 radical (unpaired) electrons. The van der Waals surface area contributed by atoms with Crippen molar-refractivity contribution in [3.05, 3.63) is 66.1 Å². The molecule has 29 heavy (non-hydrogen) atoms. The second-order valence-electron chi connectivity index (χ2n) is 7.86. The molecule has 0 saturated carbocycles. The smallest absolute Gasteiger partial charge is 0.217 e. The number of halogens is 1. The zero-order chi connectivity index (χ0) is 21.0. The van der Waals surface area contributed by atoms with Gasteiger partial charge in [-0.3, -0.25) is 9.98 Å². The van der Waals surface area contributed by atoms with Crippen LogP contribution < -0.4 is 5.73 Å². The van der Waals surface area contributed by atoms with Crippen molar-refractivity contribution in [1.29, 1.82) is 5.26 Å². The van der Waals surface area contributed by atoms with E-state index >= 15 is 0 Å². The van der Waals surface area contributed by atoms with Crippen molar-refractivity contribution >= 4 is 22.4 Å². The number of aliphatic imine (C=N–C) groups is 1. The molecule has 0 fully saturated rings. The molecule has 0 aliphatic carbocycles. The van der Waals surface area contributed by atoms with Gasteiger partial charge in [-0.05, 0) is 29.7 Å². The topological polar surface area (TPSA) is 88.0 Å². The average Bonchev–Trinajstić information content (AvgIpc) is 2.72. The Morgan fingerprint density at radius 1 is 1.24 bits per heavy atom. The summed E-state index contributed by atoms with van der Waals surface area (Å²) in [6.07, 6.45) is 2.89. The molecule has 3 aromatic rings. The van der Waals surface area contributed by atoms with E-state index in [2.05, 4.69) is 15.0 Å². The Labute approximate surface area is 169 Å². The molecule has 2 heterocycles. The number of aromatic nitrogens is 2. The summed E-state index contributed by atoms with van der Waals surface area (Å²) >= 11 is 0. The van der Waals surface area contributed by atoms with Gasteiger partial charge in [-0.25, -0.2) is 4.98 Å². The minimum absolute atomic E-state index is 0.141. The van der Waals surface area contributed by atoms with Gasteiger partial charge in [-0.15, -0.1) is 0 Å². The van der Waals surface area contributed by atoms with Crippen LogP contribution in [0.5, 0.6) is 0 Å². The van der Waals surface area contributed by atoms with E-state index in [0.29, 0.717) is 23.4 Å². The summed E-state index contributed by atoms with van der Waals surface area (Å²) in [7, 11) is 0. The molecule has 0 amide bonds. The lowest BCUT2D eigenvalue weighted by molar-refractivity contribution is 0.427. The summed E-state index contributed by atoms with van der Waals surface area (Å²) in [6, 6.07) is 14.7. The maximum absolute atomic E-state index is 14.9. The molecule has 2 N–H and O–H groups in total. The summed E-state index contributed by atoms with van der Waals surface area (Å²) in [4.78, 5) is 12.9. The number of rotatable bonds is 4. The molecule has 3 rings (SSSR count). The van der Waals surface area contributed by atoms with Crippen LogP contribution in [0, 0.1) is 16.7 Å². The molecule has 0 bridgehead atoms. The minimum atomic E-state index is -0.658. The van der Waals surface area contributed by atoms with E-state index in [1.165, 1.54) is 6.20 Å². The van der Waals surface area contributed by atoms with Gasteiger partial charge in [0.15, 0.2) is 0 Å². The quantitative estimate of drug-likeness (QED) is 0.646. The maximum atomic E-state index is 14.9. The van der Waals surface area contributed by atoms with Gasteiger partial charge in [0, 0.05) is 35.5 Å². The highest BCUT2D eigenvalue weighted by molar-refractivity contribution is 6.20. The minimum Gasteiger partial charge on any atom is -0.404 e. The number of nitrogens with two attached hydrogens (primary N) is 1. The van der Waals surface area contributed by atoms with Gasteiger partial charge in [0.25, 0.3) is 0 Å². The van der Waals surface area contributed by atoms with Crippen molar-refractivity contribution in [3.63, 3.8) is 0 Å². The molecule has 5 nitrogen and oxygen atoms in total. The monoisotopic (exact) mass is 387 g/mol. The Balaban J connectivity index is 2.15. The first-order valence-corrected chi connectivity index (χ1v) is 9.21. The van der Waals surface area contributed by atoms with Gasteiger partial charge < -0.3 is 5.73 Å². The second kappa shape index (κ2) is 8.19. The molecule has 0 spiro atoms. The average molecular weight is 387 g/mol. The van der Waals surface area contributed by atoms with Crippen molar-refractivity contribution in [2.24, 2.45) is 16.1 Å². The molecule has 1 aromatic carbocycles. The highest BCUT2D eigenvalue weighted by atomic mass is 19.1. The van der Waals surface area contributed by atoms with E-state index in [0.717, 1.165) is 10.9 Å². The fourth-order valence-electron chi connectivity index (χ4n) is 2.83. The number of hydrogen-bond acceptors (Lipinski definition) is 5. The van der Waals surface area contributed by atoms with Crippen LogP contribution in [-0.2, 0) is 0 Å². The molecule has 6 heteroatoms. The zero-order valence-corrected chi connectivity index (χ0v) is 16.6. The Morgan fingerprint density at radius 2 is 2.03 bits per heavy atom. The molecule has 0 aliphatic heterocycles. The van der Waals surface area contributed by atoms with Crippen molar-refractivity contribution < 1.29 is 4.39 Å².